The monoisotopic (exact) mass is 468 g/mol. The van der Waals surface area contributed by atoms with Gasteiger partial charge in [-0.25, -0.2) is 4.79 Å². The van der Waals surface area contributed by atoms with Crippen molar-refractivity contribution in [2.45, 2.75) is 25.3 Å². The van der Waals surface area contributed by atoms with Gasteiger partial charge in [0.1, 0.15) is 0 Å². The van der Waals surface area contributed by atoms with Crippen molar-refractivity contribution >= 4 is 49.1 Å². The molecule has 2 aromatic carbocycles. The molecule has 0 radical (unpaired) electrons. The summed E-state index contributed by atoms with van der Waals surface area (Å²) in [5.74, 6) is -0.430. The molecular weight excluding hydrogens is 448 g/mol. The van der Waals surface area contributed by atoms with E-state index in [0.29, 0.717) is 35.1 Å². The van der Waals surface area contributed by atoms with E-state index in [4.69, 9.17) is 21.1 Å². The van der Waals surface area contributed by atoms with Gasteiger partial charge in [0.05, 0.1) is 33.9 Å². The van der Waals surface area contributed by atoms with E-state index in [2.05, 4.69) is 4.40 Å². The van der Waals surface area contributed by atoms with Gasteiger partial charge in [-0.05, 0) is 56.3 Å². The molecular formula is C20H21ClN2O5S2. The van der Waals surface area contributed by atoms with Gasteiger partial charge in [-0.3, -0.25) is 0 Å². The smallest absolute Gasteiger partial charge is 0.338 e. The second-order valence-electron chi connectivity index (χ2n) is 6.16. The highest BCUT2D eigenvalue weighted by atomic mass is 35.5. The van der Waals surface area contributed by atoms with Crippen LogP contribution >= 0.6 is 22.9 Å². The Morgan fingerprint density at radius 1 is 1.13 bits per heavy atom. The van der Waals surface area contributed by atoms with Gasteiger partial charge < -0.3 is 14.0 Å². The second-order valence-corrected chi connectivity index (χ2v) is 9.21. The Morgan fingerprint density at radius 2 is 1.87 bits per heavy atom. The maximum absolute atomic E-state index is 12.8. The van der Waals surface area contributed by atoms with Crippen LogP contribution in [0.15, 0.2) is 51.8 Å². The number of nitrogens with zero attached hydrogens (tertiary/aromatic N) is 2. The zero-order valence-corrected chi connectivity index (χ0v) is 18.9. The minimum Gasteiger partial charge on any atom is -0.462 e. The number of esters is 1. The average Bonchev–Trinajstić information content (AvgIpc) is 3.04. The zero-order valence-electron chi connectivity index (χ0n) is 16.5. The first-order valence-corrected chi connectivity index (χ1v) is 11.9. The van der Waals surface area contributed by atoms with Crippen LogP contribution in [-0.4, -0.2) is 38.8 Å². The SMILES string of the molecule is CCOCCn1c(=NS(=O)(=O)c2ccc(Cl)cc2)sc2cc(C(=O)OCC)ccc21. The molecule has 0 unspecified atom stereocenters. The van der Waals surface area contributed by atoms with Crippen molar-refractivity contribution < 1.29 is 22.7 Å². The number of hydrogen-bond donors (Lipinski definition) is 0. The Balaban J connectivity index is 2.13. The second kappa shape index (κ2) is 9.74. The van der Waals surface area contributed by atoms with Gasteiger partial charge in [-0.1, -0.05) is 22.9 Å². The lowest BCUT2D eigenvalue weighted by molar-refractivity contribution is 0.0526. The third-order valence-electron chi connectivity index (χ3n) is 4.17. The van der Waals surface area contributed by atoms with E-state index in [1.807, 2.05) is 6.92 Å². The predicted molar refractivity (Wildman–Crippen MR) is 116 cm³/mol. The molecule has 0 aliphatic heterocycles. The number of sulfonamides is 1. The highest BCUT2D eigenvalue weighted by molar-refractivity contribution is 7.90. The van der Waals surface area contributed by atoms with Crippen molar-refractivity contribution in [3.05, 3.63) is 57.9 Å². The zero-order chi connectivity index (χ0) is 21.7. The van der Waals surface area contributed by atoms with Crippen LogP contribution in [0.1, 0.15) is 24.2 Å². The lowest BCUT2D eigenvalue weighted by Crippen LogP contribution is -2.20. The molecule has 0 atom stereocenters. The first kappa shape index (κ1) is 22.5. The van der Waals surface area contributed by atoms with E-state index in [9.17, 15) is 13.2 Å². The number of carbonyl (C=O) groups excluding carboxylic acids is 1. The Labute approximate surface area is 183 Å². The van der Waals surface area contributed by atoms with Gasteiger partial charge in [-0.15, -0.1) is 4.40 Å². The van der Waals surface area contributed by atoms with Crippen LogP contribution in [0.3, 0.4) is 0 Å². The molecule has 1 aromatic heterocycles. The van der Waals surface area contributed by atoms with Crippen LogP contribution in [0.25, 0.3) is 10.2 Å². The van der Waals surface area contributed by atoms with Crippen molar-refractivity contribution in [1.29, 1.82) is 0 Å². The van der Waals surface area contributed by atoms with Gasteiger partial charge in [-0.2, -0.15) is 8.42 Å². The number of carbonyl (C=O) groups is 1. The Hall–Kier alpha value is -2.20. The number of benzene rings is 2. The fourth-order valence-electron chi connectivity index (χ4n) is 2.76. The largest absolute Gasteiger partial charge is 0.462 e. The van der Waals surface area contributed by atoms with Crippen molar-refractivity contribution in [3.63, 3.8) is 0 Å². The first-order valence-electron chi connectivity index (χ1n) is 9.30. The fraction of sp³-hybridized carbons (Fsp3) is 0.300. The van der Waals surface area contributed by atoms with Crippen molar-refractivity contribution in [2.75, 3.05) is 19.8 Å². The number of fused-ring (bicyclic) bond motifs is 1. The van der Waals surface area contributed by atoms with Gasteiger partial charge in [0.25, 0.3) is 10.0 Å². The van der Waals surface area contributed by atoms with E-state index in [1.54, 1.807) is 29.7 Å². The normalized spacial score (nSPS) is 12.4. The van der Waals surface area contributed by atoms with Gasteiger partial charge in [0.15, 0.2) is 0 Å². The summed E-state index contributed by atoms with van der Waals surface area (Å²) in [5, 5.41) is 0.439. The number of rotatable bonds is 8. The summed E-state index contributed by atoms with van der Waals surface area (Å²) in [6.07, 6.45) is 0. The number of thiazole rings is 1. The number of ether oxygens (including phenoxy) is 2. The van der Waals surface area contributed by atoms with E-state index >= 15 is 0 Å². The number of hydrogen-bond acceptors (Lipinski definition) is 6. The lowest BCUT2D eigenvalue weighted by atomic mass is 10.2. The molecule has 1 heterocycles. The van der Waals surface area contributed by atoms with Crippen LogP contribution in [0.2, 0.25) is 5.02 Å². The molecule has 0 aliphatic carbocycles. The quantitative estimate of drug-likeness (QED) is 0.370. The Kier molecular flexibility index (Phi) is 7.30. The van der Waals surface area contributed by atoms with Crippen LogP contribution in [0.4, 0.5) is 0 Å². The van der Waals surface area contributed by atoms with E-state index < -0.39 is 16.0 Å². The lowest BCUT2D eigenvalue weighted by Gasteiger charge is -2.06. The summed E-state index contributed by atoms with van der Waals surface area (Å²) >= 11 is 7.04. The fourth-order valence-corrected chi connectivity index (χ4v) is 5.19. The molecule has 7 nitrogen and oxygen atoms in total. The standard InChI is InChI=1S/C20H21ClN2O5S2/c1-3-27-12-11-23-17-10-5-14(19(24)28-4-2)13-18(17)29-20(23)22-30(25,26)16-8-6-15(21)7-9-16/h5-10,13H,3-4,11-12H2,1-2H3. The topological polar surface area (TPSA) is 87.0 Å². The first-order chi connectivity index (χ1) is 14.4. The Morgan fingerprint density at radius 3 is 2.53 bits per heavy atom. The van der Waals surface area contributed by atoms with Crippen LogP contribution in [-0.2, 0) is 26.0 Å². The third-order valence-corrected chi connectivity index (χ3v) is 6.86. The summed E-state index contributed by atoms with van der Waals surface area (Å²) in [6.45, 7) is 5.26. The number of halogens is 1. The highest BCUT2D eigenvalue weighted by Crippen LogP contribution is 2.21. The molecule has 0 aliphatic rings. The molecule has 160 valence electrons. The summed E-state index contributed by atoms with van der Waals surface area (Å²) in [5.41, 5.74) is 1.16. The van der Waals surface area contributed by atoms with Crippen LogP contribution in [0, 0.1) is 0 Å². The molecule has 0 saturated carbocycles. The average molecular weight is 469 g/mol. The maximum Gasteiger partial charge on any atom is 0.338 e. The minimum absolute atomic E-state index is 0.0490. The molecule has 3 aromatic rings. The van der Waals surface area contributed by atoms with Crippen LogP contribution < -0.4 is 4.80 Å². The molecule has 0 spiro atoms. The molecule has 30 heavy (non-hydrogen) atoms. The number of aromatic nitrogens is 1. The van der Waals surface area contributed by atoms with E-state index in [1.165, 1.54) is 35.6 Å². The Bertz CT molecular complexity index is 1210. The summed E-state index contributed by atoms with van der Waals surface area (Å²) in [6, 6.07) is 10.9. The summed E-state index contributed by atoms with van der Waals surface area (Å²) < 4.78 is 42.7. The van der Waals surface area contributed by atoms with E-state index in [-0.39, 0.29) is 11.5 Å². The summed E-state index contributed by atoms with van der Waals surface area (Å²) in [4.78, 5) is 12.4. The predicted octanol–water partition coefficient (Wildman–Crippen LogP) is 3.86. The van der Waals surface area contributed by atoms with Crippen molar-refractivity contribution in [2.24, 2.45) is 4.40 Å². The van der Waals surface area contributed by atoms with Crippen molar-refractivity contribution in [3.8, 4) is 0 Å². The molecule has 0 N–H and O–H groups in total. The van der Waals surface area contributed by atoms with Gasteiger partial charge in [0.2, 0.25) is 4.80 Å². The van der Waals surface area contributed by atoms with Gasteiger partial charge >= 0.3 is 5.97 Å². The molecule has 3 rings (SSSR count). The maximum atomic E-state index is 12.8. The molecule has 0 fully saturated rings. The third kappa shape index (κ3) is 5.10. The molecule has 0 bridgehead atoms. The van der Waals surface area contributed by atoms with Gasteiger partial charge in [0, 0.05) is 18.2 Å². The minimum atomic E-state index is -3.94. The van der Waals surface area contributed by atoms with Crippen LogP contribution in [0.5, 0.6) is 0 Å². The molecule has 0 saturated heterocycles. The summed E-state index contributed by atoms with van der Waals surface area (Å²) in [7, 11) is -3.94. The highest BCUT2D eigenvalue weighted by Gasteiger charge is 2.16. The molecule has 0 amide bonds. The van der Waals surface area contributed by atoms with E-state index in [0.717, 1.165) is 10.2 Å². The van der Waals surface area contributed by atoms with Crippen molar-refractivity contribution in [1.82, 2.24) is 4.57 Å². The molecule has 10 heteroatoms.